The Morgan fingerprint density at radius 1 is 1.21 bits per heavy atom. The zero-order valence-electron chi connectivity index (χ0n) is 17.2. The van der Waals surface area contributed by atoms with Crippen molar-refractivity contribution < 1.29 is 14.4 Å². The van der Waals surface area contributed by atoms with E-state index in [0.717, 1.165) is 24.8 Å². The number of aryl methyl sites for hydroxylation is 1. The third-order valence-corrected chi connectivity index (χ3v) is 6.35. The lowest BCUT2D eigenvalue weighted by molar-refractivity contribution is -0.143. The normalized spacial score (nSPS) is 22.5. The predicted molar refractivity (Wildman–Crippen MR) is 113 cm³/mol. The van der Waals surface area contributed by atoms with Crippen LogP contribution in [-0.2, 0) is 16.0 Å². The lowest BCUT2D eigenvalue weighted by Crippen LogP contribution is -2.53. The van der Waals surface area contributed by atoms with Gasteiger partial charge in [0.25, 0.3) is 5.91 Å². The van der Waals surface area contributed by atoms with Crippen molar-refractivity contribution in [1.82, 2.24) is 15.1 Å². The maximum Gasteiger partial charge on any atom is 0.251 e. The Labute approximate surface area is 177 Å². The van der Waals surface area contributed by atoms with Gasteiger partial charge in [-0.2, -0.15) is 0 Å². The van der Waals surface area contributed by atoms with Crippen LogP contribution in [0.15, 0.2) is 18.2 Å². The molecule has 2 aliphatic rings. The monoisotopic (exact) mass is 419 g/mol. The molecule has 2 heterocycles. The molecule has 0 aromatic heterocycles. The number of hydrogen-bond acceptors (Lipinski definition) is 3. The van der Waals surface area contributed by atoms with Crippen LogP contribution in [0.2, 0.25) is 5.02 Å². The van der Waals surface area contributed by atoms with Gasteiger partial charge in [-0.05, 0) is 50.3 Å². The Kier molecular flexibility index (Phi) is 7.17. The molecule has 158 valence electrons. The number of benzene rings is 1. The summed E-state index contributed by atoms with van der Waals surface area (Å²) >= 11 is 6.24. The Bertz CT molecular complexity index is 783. The van der Waals surface area contributed by atoms with E-state index < -0.39 is 0 Å². The molecule has 3 rings (SSSR count). The molecule has 0 bridgehead atoms. The number of carbonyl (C=O) groups is 3. The fraction of sp³-hybridized carbons (Fsp3) is 0.591. The molecule has 1 aromatic carbocycles. The molecule has 29 heavy (non-hydrogen) atoms. The van der Waals surface area contributed by atoms with Gasteiger partial charge in [0, 0.05) is 49.2 Å². The van der Waals surface area contributed by atoms with Crippen molar-refractivity contribution in [2.45, 2.75) is 52.0 Å². The van der Waals surface area contributed by atoms with E-state index in [2.05, 4.69) is 5.32 Å². The number of nitrogens with one attached hydrogen (secondary N) is 1. The van der Waals surface area contributed by atoms with Crippen LogP contribution in [0.25, 0.3) is 0 Å². The number of rotatable bonds is 5. The number of halogens is 1. The average Bonchev–Trinajstić information content (AvgIpc) is 2.73. The summed E-state index contributed by atoms with van der Waals surface area (Å²) in [6, 6.07) is 5.32. The fourth-order valence-corrected chi connectivity index (χ4v) is 4.53. The van der Waals surface area contributed by atoms with Crippen LogP contribution in [0, 0.1) is 5.92 Å². The highest BCUT2D eigenvalue weighted by Gasteiger charge is 2.34. The molecule has 1 unspecified atom stereocenters. The van der Waals surface area contributed by atoms with Gasteiger partial charge in [0.1, 0.15) is 0 Å². The van der Waals surface area contributed by atoms with E-state index in [4.69, 9.17) is 11.6 Å². The van der Waals surface area contributed by atoms with Crippen LogP contribution in [0.3, 0.4) is 0 Å². The van der Waals surface area contributed by atoms with Crippen LogP contribution in [0.1, 0.15) is 55.5 Å². The smallest absolute Gasteiger partial charge is 0.251 e. The van der Waals surface area contributed by atoms with Crippen LogP contribution >= 0.6 is 11.6 Å². The second-order valence-electron chi connectivity index (χ2n) is 7.92. The first kappa shape index (κ1) is 21.6. The zero-order valence-corrected chi connectivity index (χ0v) is 18.0. The Morgan fingerprint density at radius 2 is 2.00 bits per heavy atom. The van der Waals surface area contributed by atoms with Gasteiger partial charge in [-0.15, -0.1) is 0 Å². The van der Waals surface area contributed by atoms with Gasteiger partial charge in [-0.1, -0.05) is 24.6 Å². The number of hydrogen-bond donors (Lipinski definition) is 1. The summed E-state index contributed by atoms with van der Waals surface area (Å²) in [5.74, 6) is -0.0601. The van der Waals surface area contributed by atoms with Crippen molar-refractivity contribution in [3.63, 3.8) is 0 Å². The Hall–Kier alpha value is -2.08. The van der Waals surface area contributed by atoms with E-state index in [1.807, 2.05) is 24.8 Å². The predicted octanol–water partition coefficient (Wildman–Crippen LogP) is 2.88. The van der Waals surface area contributed by atoms with E-state index >= 15 is 0 Å². The number of carbonyl (C=O) groups excluding carboxylic acids is 3. The lowest BCUT2D eigenvalue weighted by Gasteiger charge is -2.38. The summed E-state index contributed by atoms with van der Waals surface area (Å²) in [5.41, 5.74) is 1.56. The summed E-state index contributed by atoms with van der Waals surface area (Å²) in [5, 5.41) is 3.66. The Balaban J connectivity index is 1.59. The first-order valence-electron chi connectivity index (χ1n) is 10.6. The second kappa shape index (κ2) is 9.61. The second-order valence-corrected chi connectivity index (χ2v) is 8.33. The Morgan fingerprint density at radius 3 is 2.69 bits per heavy atom. The SMILES string of the molecule is CCc1ccc(C(=O)N[C@@H]2CCCN(C(=O)C3CCC(=O)N(CC)C3)C2)cc1Cl. The lowest BCUT2D eigenvalue weighted by atomic mass is 9.94. The van der Waals surface area contributed by atoms with Gasteiger partial charge in [0.2, 0.25) is 11.8 Å². The molecule has 0 saturated carbocycles. The molecule has 2 saturated heterocycles. The third-order valence-electron chi connectivity index (χ3n) is 6.00. The topological polar surface area (TPSA) is 69.7 Å². The summed E-state index contributed by atoms with van der Waals surface area (Å²) < 4.78 is 0. The largest absolute Gasteiger partial charge is 0.348 e. The van der Waals surface area contributed by atoms with E-state index in [9.17, 15) is 14.4 Å². The first-order valence-corrected chi connectivity index (χ1v) is 11.0. The summed E-state index contributed by atoms with van der Waals surface area (Å²) in [7, 11) is 0. The molecule has 7 heteroatoms. The highest BCUT2D eigenvalue weighted by atomic mass is 35.5. The molecule has 3 amide bonds. The molecule has 1 aromatic rings. The molecular formula is C22H30ClN3O3. The van der Waals surface area contributed by atoms with Gasteiger partial charge in [0.05, 0.1) is 5.92 Å². The average molecular weight is 420 g/mol. The summed E-state index contributed by atoms with van der Waals surface area (Å²) in [6.07, 6.45) is 3.58. The number of likely N-dealkylation sites (tertiary alicyclic amines) is 2. The van der Waals surface area contributed by atoms with Crippen molar-refractivity contribution in [3.8, 4) is 0 Å². The van der Waals surface area contributed by atoms with Crippen molar-refractivity contribution in [2.24, 2.45) is 5.92 Å². The minimum atomic E-state index is -0.158. The van der Waals surface area contributed by atoms with Crippen LogP contribution in [0.5, 0.6) is 0 Å². The maximum atomic E-state index is 13.0. The first-order chi connectivity index (χ1) is 13.9. The highest BCUT2D eigenvalue weighted by Crippen LogP contribution is 2.23. The van der Waals surface area contributed by atoms with Crippen molar-refractivity contribution >= 4 is 29.3 Å². The molecule has 0 aliphatic carbocycles. The van der Waals surface area contributed by atoms with Crippen LogP contribution < -0.4 is 5.32 Å². The molecule has 1 N–H and O–H groups in total. The molecular weight excluding hydrogens is 390 g/mol. The van der Waals surface area contributed by atoms with Crippen LogP contribution in [-0.4, -0.2) is 59.7 Å². The number of amides is 3. The van der Waals surface area contributed by atoms with Gasteiger partial charge in [-0.25, -0.2) is 0 Å². The quantitative estimate of drug-likeness (QED) is 0.797. The standard InChI is InChI=1S/C22H30ClN3O3/c1-3-15-7-8-16(12-19(15)23)21(28)24-18-6-5-11-26(14-18)22(29)17-9-10-20(27)25(4-2)13-17/h7-8,12,17-18H,3-6,9-11,13-14H2,1-2H3,(H,24,28)/t17?,18-/m1/s1. The van der Waals surface area contributed by atoms with Crippen molar-refractivity contribution in [2.75, 3.05) is 26.2 Å². The van der Waals surface area contributed by atoms with Gasteiger partial charge >= 0.3 is 0 Å². The zero-order chi connectivity index (χ0) is 21.0. The maximum absolute atomic E-state index is 13.0. The molecule has 0 spiro atoms. The molecule has 0 radical (unpaired) electrons. The van der Waals surface area contributed by atoms with E-state index in [0.29, 0.717) is 49.6 Å². The van der Waals surface area contributed by atoms with Crippen molar-refractivity contribution in [1.29, 1.82) is 0 Å². The van der Waals surface area contributed by atoms with E-state index in [1.165, 1.54) is 0 Å². The van der Waals surface area contributed by atoms with Gasteiger partial charge < -0.3 is 15.1 Å². The number of nitrogens with zero attached hydrogens (tertiary/aromatic N) is 2. The fourth-order valence-electron chi connectivity index (χ4n) is 4.22. The highest BCUT2D eigenvalue weighted by molar-refractivity contribution is 6.31. The molecule has 2 atom stereocenters. The van der Waals surface area contributed by atoms with Gasteiger partial charge in [0.15, 0.2) is 0 Å². The van der Waals surface area contributed by atoms with Crippen LogP contribution in [0.4, 0.5) is 0 Å². The third kappa shape index (κ3) is 5.10. The van der Waals surface area contributed by atoms with E-state index in [1.54, 1.807) is 17.0 Å². The summed E-state index contributed by atoms with van der Waals surface area (Å²) in [4.78, 5) is 41.1. The van der Waals surface area contributed by atoms with Gasteiger partial charge in [-0.3, -0.25) is 14.4 Å². The number of piperidine rings is 2. The molecule has 6 nitrogen and oxygen atoms in total. The minimum Gasteiger partial charge on any atom is -0.348 e. The van der Waals surface area contributed by atoms with E-state index in [-0.39, 0.29) is 29.7 Å². The molecule has 2 aliphatic heterocycles. The minimum absolute atomic E-state index is 0.0719. The summed E-state index contributed by atoms with van der Waals surface area (Å²) in [6.45, 7) is 6.33. The molecule has 2 fully saturated rings. The van der Waals surface area contributed by atoms with Crippen molar-refractivity contribution in [3.05, 3.63) is 34.3 Å².